The van der Waals surface area contributed by atoms with Crippen LogP contribution in [0.1, 0.15) is 17.0 Å². The minimum Gasteiger partial charge on any atom is -0.338 e. The zero-order chi connectivity index (χ0) is 21.3. The molecule has 5 rings (SSSR count). The van der Waals surface area contributed by atoms with Crippen molar-refractivity contribution in [3.63, 3.8) is 0 Å². The SMILES string of the molecule is O=S(=O)(O)c1cc(S(=O)(=O)O)c2nc(C3=Cc4cccc5cccc(c45)C3)[nH]c2c1. The van der Waals surface area contributed by atoms with E-state index in [-0.39, 0.29) is 11.0 Å². The molecule has 1 heterocycles. The van der Waals surface area contributed by atoms with Crippen LogP contribution in [-0.4, -0.2) is 35.9 Å². The predicted molar refractivity (Wildman–Crippen MR) is 111 cm³/mol. The molecule has 30 heavy (non-hydrogen) atoms. The molecule has 0 saturated heterocycles. The van der Waals surface area contributed by atoms with Crippen LogP contribution in [0.4, 0.5) is 0 Å². The van der Waals surface area contributed by atoms with E-state index in [1.165, 1.54) is 0 Å². The molecule has 0 radical (unpaired) electrons. The van der Waals surface area contributed by atoms with E-state index in [0.717, 1.165) is 33.5 Å². The second-order valence-electron chi connectivity index (χ2n) is 7.06. The largest absolute Gasteiger partial charge is 0.338 e. The topological polar surface area (TPSA) is 137 Å². The minimum absolute atomic E-state index is 0.0608. The summed E-state index contributed by atoms with van der Waals surface area (Å²) in [7, 11) is -9.49. The van der Waals surface area contributed by atoms with Crippen molar-refractivity contribution in [1.29, 1.82) is 0 Å². The van der Waals surface area contributed by atoms with Gasteiger partial charge in [0, 0.05) is 6.42 Å². The molecule has 3 aromatic carbocycles. The van der Waals surface area contributed by atoms with Gasteiger partial charge in [0.1, 0.15) is 16.2 Å². The van der Waals surface area contributed by atoms with Crippen molar-refractivity contribution in [2.45, 2.75) is 16.2 Å². The molecule has 0 aliphatic heterocycles. The summed E-state index contributed by atoms with van der Waals surface area (Å²) in [6.07, 6.45) is 2.46. The van der Waals surface area contributed by atoms with Crippen LogP contribution in [0.2, 0.25) is 0 Å². The van der Waals surface area contributed by atoms with E-state index in [1.807, 2.05) is 42.5 Å². The standard InChI is InChI=1S/C20H14N2O6S2/c23-29(24,25)15-9-16-19(17(10-15)30(26,27)28)22-20(21-16)14-7-12-5-1-3-11-4-2-6-13(8-14)18(11)12/h1-7,9-10H,8H2,(H,21,22)(H,23,24,25)(H,26,27,28). The number of imidazole rings is 1. The van der Waals surface area contributed by atoms with Crippen molar-refractivity contribution in [2.24, 2.45) is 0 Å². The number of fused-ring (bicyclic) bond motifs is 1. The van der Waals surface area contributed by atoms with E-state index in [4.69, 9.17) is 0 Å². The van der Waals surface area contributed by atoms with Gasteiger partial charge < -0.3 is 4.98 Å². The minimum atomic E-state index is -4.79. The Bertz CT molecular complexity index is 1610. The van der Waals surface area contributed by atoms with Gasteiger partial charge in [-0.15, -0.1) is 0 Å². The monoisotopic (exact) mass is 442 g/mol. The van der Waals surface area contributed by atoms with E-state index in [1.54, 1.807) is 0 Å². The van der Waals surface area contributed by atoms with Gasteiger partial charge in [0.2, 0.25) is 0 Å². The van der Waals surface area contributed by atoms with Crippen LogP contribution in [0.15, 0.2) is 58.3 Å². The quantitative estimate of drug-likeness (QED) is 0.414. The number of nitrogens with one attached hydrogen (secondary N) is 1. The highest BCUT2D eigenvalue weighted by Gasteiger charge is 2.24. The fourth-order valence-corrected chi connectivity index (χ4v) is 5.16. The van der Waals surface area contributed by atoms with Crippen molar-refractivity contribution in [3.05, 3.63) is 65.5 Å². The highest BCUT2D eigenvalue weighted by atomic mass is 32.2. The normalized spacial score (nSPS) is 14.3. The first-order valence-electron chi connectivity index (χ1n) is 8.81. The molecule has 3 N–H and O–H groups in total. The van der Waals surface area contributed by atoms with Crippen molar-refractivity contribution in [1.82, 2.24) is 9.97 Å². The molecule has 1 aromatic heterocycles. The molecule has 8 nitrogen and oxygen atoms in total. The Labute approximate surface area is 171 Å². The number of H-pyrrole nitrogens is 1. The molecule has 0 bridgehead atoms. The van der Waals surface area contributed by atoms with Crippen LogP contribution in [0.25, 0.3) is 33.5 Å². The number of benzene rings is 3. The fourth-order valence-electron chi connectivity index (χ4n) is 3.87. The maximum Gasteiger partial charge on any atom is 0.296 e. The van der Waals surface area contributed by atoms with E-state index in [0.29, 0.717) is 18.3 Å². The smallest absolute Gasteiger partial charge is 0.296 e. The van der Waals surface area contributed by atoms with Crippen LogP contribution in [0, 0.1) is 0 Å². The van der Waals surface area contributed by atoms with Crippen molar-refractivity contribution < 1.29 is 25.9 Å². The zero-order valence-electron chi connectivity index (χ0n) is 15.2. The van der Waals surface area contributed by atoms with Gasteiger partial charge in [0.25, 0.3) is 20.2 Å². The number of aromatic amines is 1. The first-order chi connectivity index (χ1) is 14.1. The summed E-state index contributed by atoms with van der Waals surface area (Å²) in [5.74, 6) is 0.342. The third kappa shape index (κ3) is 3.01. The van der Waals surface area contributed by atoms with Crippen LogP contribution in [-0.2, 0) is 26.7 Å². The van der Waals surface area contributed by atoms with Crippen LogP contribution in [0.3, 0.4) is 0 Å². The second-order valence-corrected chi connectivity index (χ2v) is 9.87. The van der Waals surface area contributed by atoms with E-state index in [2.05, 4.69) is 9.97 Å². The molecule has 0 atom stereocenters. The van der Waals surface area contributed by atoms with Gasteiger partial charge in [-0.25, -0.2) is 4.98 Å². The highest BCUT2D eigenvalue weighted by Crippen LogP contribution is 2.35. The first-order valence-corrected chi connectivity index (χ1v) is 11.7. The fraction of sp³-hybridized carbons (Fsp3) is 0.0500. The Kier molecular flexibility index (Phi) is 3.93. The number of allylic oxidation sites excluding steroid dienone is 1. The molecule has 1 aliphatic carbocycles. The number of rotatable bonds is 3. The average molecular weight is 442 g/mol. The van der Waals surface area contributed by atoms with Crippen molar-refractivity contribution >= 4 is 53.7 Å². The Balaban J connectivity index is 1.75. The molecule has 0 unspecified atom stereocenters. The third-order valence-corrected chi connectivity index (χ3v) is 6.84. The van der Waals surface area contributed by atoms with E-state index in [9.17, 15) is 25.9 Å². The molecule has 0 amide bonds. The second kappa shape index (κ2) is 6.22. The van der Waals surface area contributed by atoms with Gasteiger partial charge in [0.05, 0.1) is 10.4 Å². The van der Waals surface area contributed by atoms with Crippen molar-refractivity contribution in [2.75, 3.05) is 0 Å². The summed E-state index contributed by atoms with van der Waals surface area (Å²) in [6, 6.07) is 13.7. The molecule has 152 valence electrons. The lowest BCUT2D eigenvalue weighted by molar-refractivity contribution is 0.482. The van der Waals surface area contributed by atoms with Crippen LogP contribution in [0.5, 0.6) is 0 Å². The molecule has 0 spiro atoms. The molecule has 1 aliphatic rings. The van der Waals surface area contributed by atoms with Gasteiger partial charge in [-0.05, 0) is 45.7 Å². The third-order valence-electron chi connectivity index (χ3n) is 5.14. The lowest BCUT2D eigenvalue weighted by atomic mass is 9.89. The van der Waals surface area contributed by atoms with Gasteiger partial charge in [0.15, 0.2) is 0 Å². The Hall–Kier alpha value is -3.05. The maximum absolute atomic E-state index is 11.8. The van der Waals surface area contributed by atoms with Gasteiger partial charge >= 0.3 is 0 Å². The number of hydrogen-bond donors (Lipinski definition) is 3. The van der Waals surface area contributed by atoms with E-state index >= 15 is 0 Å². The Morgan fingerprint density at radius 2 is 1.67 bits per heavy atom. The molecule has 10 heteroatoms. The summed E-state index contributed by atoms with van der Waals surface area (Å²) >= 11 is 0. The summed E-state index contributed by atoms with van der Waals surface area (Å²) in [5, 5.41) is 2.24. The number of nitrogens with zero attached hydrogens (tertiary/aromatic N) is 1. The molecule has 0 saturated carbocycles. The maximum atomic E-state index is 11.8. The van der Waals surface area contributed by atoms with Gasteiger partial charge in [-0.3, -0.25) is 9.11 Å². The molecular weight excluding hydrogens is 428 g/mol. The van der Waals surface area contributed by atoms with Crippen molar-refractivity contribution in [3.8, 4) is 0 Å². The zero-order valence-corrected chi connectivity index (χ0v) is 16.8. The lowest BCUT2D eigenvalue weighted by Crippen LogP contribution is -2.04. The number of hydrogen-bond acceptors (Lipinski definition) is 5. The van der Waals surface area contributed by atoms with Gasteiger partial charge in [-0.2, -0.15) is 16.8 Å². The summed E-state index contributed by atoms with van der Waals surface area (Å²) in [5.41, 5.74) is 2.78. The summed E-state index contributed by atoms with van der Waals surface area (Å²) in [4.78, 5) is 5.88. The first kappa shape index (κ1) is 18.9. The number of aromatic nitrogens is 2. The van der Waals surface area contributed by atoms with Crippen LogP contribution >= 0.6 is 0 Å². The average Bonchev–Trinajstić information content (AvgIpc) is 3.10. The van der Waals surface area contributed by atoms with Crippen LogP contribution < -0.4 is 0 Å². The summed E-state index contributed by atoms with van der Waals surface area (Å²) in [6.45, 7) is 0. The Morgan fingerprint density at radius 3 is 2.37 bits per heavy atom. The molecule has 0 fully saturated rings. The Morgan fingerprint density at radius 1 is 0.933 bits per heavy atom. The summed E-state index contributed by atoms with van der Waals surface area (Å²) < 4.78 is 65.6. The highest BCUT2D eigenvalue weighted by molar-refractivity contribution is 7.86. The van der Waals surface area contributed by atoms with E-state index < -0.39 is 30.0 Å². The molecule has 4 aromatic rings. The molecular formula is C20H14N2O6S2. The lowest BCUT2D eigenvalue weighted by Gasteiger charge is -2.16. The predicted octanol–water partition coefficient (Wildman–Crippen LogP) is 3.31. The van der Waals surface area contributed by atoms with Gasteiger partial charge in [-0.1, -0.05) is 36.4 Å².